The number of nitrogens with two attached hydrogens (primary N) is 3. The molecule has 0 spiro atoms. The number of anilines is 5. The number of carboxylic acids is 1. The quantitative estimate of drug-likeness (QED) is 0.0188. The second-order valence-corrected chi connectivity index (χ2v) is 39.9. The Labute approximate surface area is 827 Å². The molecule has 135 heavy (non-hydrogen) atoms. The van der Waals surface area contributed by atoms with E-state index in [1.165, 1.54) is 35.1 Å². The maximum absolute atomic E-state index is 13.0. The number of β-amino-alcohol motifs (C(OH)–C–C–N with tert-alkyl or cyclic N) is 4. The molecule has 0 saturated carbocycles. The van der Waals surface area contributed by atoms with Crippen LogP contribution in [-0.2, 0) is 35.2 Å². The van der Waals surface area contributed by atoms with Crippen LogP contribution in [0.4, 0.5) is 38.0 Å². The van der Waals surface area contributed by atoms with Crippen LogP contribution in [0.2, 0.25) is 0 Å². The number of carboxylic acid groups (broad SMARTS) is 1. The summed E-state index contributed by atoms with van der Waals surface area (Å²) in [5, 5.41) is 54.4. The molecule has 12 rings (SSSR count). The number of nitrogens with one attached hydrogen (secondary N) is 2. The number of amides is 2. The standard InChI is InChI=1S/C30H40N2O4.C25H34N2O2.C25H32N2O2.C18H25NO3.C11H16N2O2.4ClH/c1-29(2,3)36-28(34)31-26-11-7-6-10-25(26)20-27(33)24-14-12-23(13-15-24)19-22-9-8-17-32(18-16-22)21-30(4,5)35;2*1-25(2,29)18-27-14-5-6-19(13-15-27)16-20-9-11-21(12-10-20)24(28)17-22-7-3-4-8-23(22)26;1-18(2,22)13-19-10-3-4-14(9-11-19)12-15-5-7-16(8-6-15)17(20)21;1-11(2,3)15-10(14)13-9-7-5-4-6-8(9)12;;;;/h6-7,10-15,19,35H,8-9,16-18,20-21H2,1-5H3,(H,31,34);3-4,7-12,19,29H,5-6,13-18,26H2,1-2H3;3-4,7-12,16,29H,5-6,13-15,17-18,26H2,1-2H3;5-8,12,22H,3-4,9-11,13H2,1-2H3,(H,20,21);4-7H,12H2,1-3H3,(H,13,14);4*1H. The molecule has 0 radical (unpaired) electrons. The first-order chi connectivity index (χ1) is 61.7. The van der Waals surface area contributed by atoms with Crippen molar-refractivity contribution >= 4 is 132 Å². The molecule has 2 amide bonds. The van der Waals surface area contributed by atoms with Crippen molar-refractivity contribution in [2.75, 3.05) is 106 Å². The fourth-order valence-electron chi connectivity index (χ4n) is 16.5. The highest BCUT2D eigenvalue weighted by atomic mass is 35.5. The van der Waals surface area contributed by atoms with Crippen LogP contribution >= 0.6 is 49.6 Å². The van der Waals surface area contributed by atoms with E-state index < -0.39 is 51.8 Å². The zero-order valence-electron chi connectivity index (χ0n) is 81.7. The van der Waals surface area contributed by atoms with Gasteiger partial charge in [-0.05, 0) is 300 Å². The van der Waals surface area contributed by atoms with E-state index in [0.29, 0.717) is 83.5 Å². The van der Waals surface area contributed by atoms with Gasteiger partial charge >= 0.3 is 18.2 Å². The second-order valence-electron chi connectivity index (χ2n) is 39.9. The Morgan fingerprint density at radius 3 is 0.985 bits per heavy atom. The van der Waals surface area contributed by atoms with E-state index in [-0.39, 0.29) is 73.4 Å². The van der Waals surface area contributed by atoms with Gasteiger partial charge in [0.25, 0.3) is 0 Å². The summed E-state index contributed by atoms with van der Waals surface area (Å²) in [5.74, 6) is -0.0576. The van der Waals surface area contributed by atoms with E-state index in [2.05, 4.69) is 60.6 Å². The summed E-state index contributed by atoms with van der Waals surface area (Å²) in [6.45, 7) is 36.6. The number of halogens is 4. The Hall–Kier alpha value is -9.76. The molecule has 4 aliphatic rings. The number of ether oxygens (including phenoxy) is 2. The summed E-state index contributed by atoms with van der Waals surface area (Å²) in [4.78, 5) is 82.0. The highest BCUT2D eigenvalue weighted by Gasteiger charge is 2.28. The van der Waals surface area contributed by atoms with Gasteiger partial charge in [-0.1, -0.05) is 187 Å². The van der Waals surface area contributed by atoms with Crippen molar-refractivity contribution in [2.24, 2.45) is 5.92 Å². The van der Waals surface area contributed by atoms with Crippen LogP contribution in [0.1, 0.15) is 254 Å². The average Bonchev–Trinajstić information content (AvgIpc) is 1.18. The van der Waals surface area contributed by atoms with Crippen molar-refractivity contribution in [2.45, 2.75) is 233 Å². The molecule has 4 saturated heterocycles. The van der Waals surface area contributed by atoms with Crippen LogP contribution in [0.15, 0.2) is 211 Å². The second kappa shape index (κ2) is 56.2. The predicted octanol–water partition coefficient (Wildman–Crippen LogP) is 21.9. The number of nitrogens with zero attached hydrogens (tertiary/aromatic N) is 4. The SMILES string of the molecule is CC(C)(C)OC(=O)Nc1ccccc1N.CC(C)(O)CN1CCCC(=Cc2ccc(C(=O)Cc3ccccc3N)cc2)CC1.CC(C)(O)CN1CCCC(=Cc2ccc(C(=O)Cc3ccccc3NC(=O)OC(C)(C)C)cc2)CC1.CC(C)(O)CN1CCCC(=Cc2ccc(C(=O)O)cc2)CC1.CC(C)(O)CN1CCCC(Cc2ccc(C(=O)Cc3ccccc3N)cc2)CC1.Cl.Cl.Cl.Cl. The minimum absolute atomic E-state index is 0. The number of Topliss-reactive ketones (excluding diaryl/α,β-unsaturated/α-hetero) is 3. The summed E-state index contributed by atoms with van der Waals surface area (Å²) in [5.41, 5.74) is 30.6. The van der Waals surface area contributed by atoms with Crippen molar-refractivity contribution in [3.63, 3.8) is 0 Å². The fourth-order valence-corrected chi connectivity index (χ4v) is 16.5. The Bertz CT molecular complexity index is 5100. The number of aliphatic hydroxyl groups is 4. The molecule has 4 aliphatic heterocycles. The summed E-state index contributed by atoms with van der Waals surface area (Å²) >= 11 is 0. The normalized spacial score (nSPS) is 16.4. The number of rotatable bonds is 25. The molecule has 738 valence electrons. The number of aromatic carboxylic acids is 1. The van der Waals surface area contributed by atoms with E-state index in [1.807, 2.05) is 216 Å². The van der Waals surface area contributed by atoms with Gasteiger partial charge in [-0.25, -0.2) is 14.4 Å². The van der Waals surface area contributed by atoms with Gasteiger partial charge in [0.15, 0.2) is 17.3 Å². The number of hydrogen-bond donors (Lipinski definition) is 10. The molecule has 26 heteroatoms. The fraction of sp³-hybridized carbons (Fsp3) is 0.450. The van der Waals surface area contributed by atoms with Gasteiger partial charge < -0.3 is 71.8 Å². The summed E-state index contributed by atoms with van der Waals surface area (Å²) in [6.07, 6.45) is 20.5. The monoisotopic (exact) mass is 1930 g/mol. The Kier molecular flexibility index (Phi) is 48.9. The summed E-state index contributed by atoms with van der Waals surface area (Å²) in [6, 6.07) is 60.1. The number of hydrogen-bond acceptors (Lipinski definition) is 19. The lowest BCUT2D eigenvalue weighted by Crippen LogP contribution is -2.39. The maximum Gasteiger partial charge on any atom is 0.412 e. The molecule has 0 aliphatic carbocycles. The van der Waals surface area contributed by atoms with Crippen LogP contribution in [0.5, 0.6) is 0 Å². The summed E-state index contributed by atoms with van der Waals surface area (Å²) < 4.78 is 10.4. The van der Waals surface area contributed by atoms with E-state index in [4.69, 9.17) is 31.8 Å². The molecule has 0 bridgehead atoms. The molecule has 0 aromatic heterocycles. The number of carbonyl (C=O) groups excluding carboxylic acids is 5. The highest BCUT2D eigenvalue weighted by molar-refractivity contribution is 6.00. The Morgan fingerprint density at radius 1 is 0.348 bits per heavy atom. The minimum atomic E-state index is -0.893. The summed E-state index contributed by atoms with van der Waals surface area (Å²) in [7, 11) is 0. The van der Waals surface area contributed by atoms with Crippen molar-refractivity contribution in [1.29, 1.82) is 0 Å². The third-order valence-corrected chi connectivity index (χ3v) is 22.5. The molecule has 8 aromatic carbocycles. The zero-order chi connectivity index (χ0) is 95.7. The Morgan fingerprint density at radius 2 is 0.644 bits per heavy atom. The third-order valence-electron chi connectivity index (χ3n) is 22.5. The van der Waals surface area contributed by atoms with Crippen LogP contribution in [0.3, 0.4) is 0 Å². The Balaban J connectivity index is 0.000000358. The van der Waals surface area contributed by atoms with Gasteiger partial charge in [-0.2, -0.15) is 0 Å². The molecule has 1 atom stereocenters. The van der Waals surface area contributed by atoms with Crippen LogP contribution in [0, 0.1) is 5.92 Å². The van der Waals surface area contributed by atoms with E-state index in [9.17, 15) is 49.2 Å². The lowest BCUT2D eigenvalue weighted by atomic mass is 9.92. The first kappa shape index (κ1) is 118. The van der Waals surface area contributed by atoms with E-state index in [0.717, 1.165) is 168 Å². The van der Waals surface area contributed by atoms with Crippen molar-refractivity contribution < 1.29 is 63.8 Å². The number of likely N-dealkylation sites (tertiary alicyclic amines) is 4. The molecule has 22 nitrogen and oxygen atoms in total. The van der Waals surface area contributed by atoms with E-state index in [1.54, 1.807) is 63.2 Å². The average molecular weight is 1940 g/mol. The molecule has 13 N–H and O–H groups in total. The van der Waals surface area contributed by atoms with Gasteiger partial charge in [0.2, 0.25) is 0 Å². The largest absolute Gasteiger partial charge is 0.478 e. The van der Waals surface area contributed by atoms with Gasteiger partial charge in [-0.3, -0.25) is 25.0 Å². The topological polar surface area (TPSA) is 337 Å². The molecule has 4 heterocycles. The van der Waals surface area contributed by atoms with Crippen LogP contribution in [-0.4, -0.2) is 193 Å². The zero-order valence-corrected chi connectivity index (χ0v) is 85.0. The minimum Gasteiger partial charge on any atom is -0.478 e. The maximum atomic E-state index is 13.0. The third kappa shape index (κ3) is 46.3. The number of para-hydroxylation sites is 5. The molecule has 8 aromatic rings. The number of carbonyl (C=O) groups is 6. The molecular formula is C109H151Cl4N9O13. The van der Waals surface area contributed by atoms with Crippen molar-refractivity contribution in [3.05, 3.63) is 272 Å². The lowest BCUT2D eigenvalue weighted by molar-refractivity contribution is 0.0366. The van der Waals surface area contributed by atoms with E-state index >= 15 is 0 Å². The number of benzene rings is 8. The number of nitrogen functional groups attached to an aromatic ring is 3. The first-order valence-electron chi connectivity index (χ1n) is 46.4. The predicted molar refractivity (Wildman–Crippen MR) is 562 cm³/mol. The highest BCUT2D eigenvalue weighted by Crippen LogP contribution is 2.30. The van der Waals surface area contributed by atoms with Gasteiger partial charge in [0.05, 0.1) is 39.3 Å². The van der Waals surface area contributed by atoms with Crippen molar-refractivity contribution in [3.8, 4) is 0 Å². The van der Waals surface area contributed by atoms with Crippen LogP contribution < -0.4 is 27.8 Å². The van der Waals surface area contributed by atoms with Gasteiger partial charge in [0.1, 0.15) is 11.2 Å². The molecular weight excluding hydrogens is 1790 g/mol. The molecule has 4 fully saturated rings. The van der Waals surface area contributed by atoms with Crippen molar-refractivity contribution in [1.82, 2.24) is 19.6 Å². The lowest BCUT2D eigenvalue weighted by Gasteiger charge is -2.27. The van der Waals surface area contributed by atoms with Gasteiger partial charge in [-0.15, -0.1) is 49.6 Å². The molecule has 1 unspecified atom stereocenters. The van der Waals surface area contributed by atoms with Crippen LogP contribution in [0.25, 0.3) is 18.2 Å². The number of ketones is 3. The first-order valence-corrected chi connectivity index (χ1v) is 46.4. The smallest absolute Gasteiger partial charge is 0.412 e. The van der Waals surface area contributed by atoms with Gasteiger partial charge in [0, 0.05) is 98.8 Å².